The smallest absolute Gasteiger partial charge is 0.0788 e. The maximum Gasteiger partial charge on any atom is 0.0788 e. The van der Waals surface area contributed by atoms with E-state index in [4.69, 9.17) is 4.98 Å². The Morgan fingerprint density at radius 3 is 1.75 bits per heavy atom. The molecule has 3 aromatic heterocycles. The number of nitrogens with zero attached hydrogens (tertiary/aromatic N) is 3. The molecule has 0 spiro atoms. The lowest BCUT2D eigenvalue weighted by Gasteiger charge is -2.26. The Bertz CT molecular complexity index is 3530. The van der Waals surface area contributed by atoms with E-state index in [0.717, 1.165) is 33.8 Å². The minimum atomic E-state index is 1.00. The standard InChI is InChI=1S/C55H35N3S/c1-3-13-39(14-4-1)57(41-28-23-36(24-29-41)38-27-34-51-48(35-38)43-17-8-11-21-50(43)58(51)40-15-5-2-6-16-40)42-30-25-37(26-31-42)54-47-33-32-45-44-18-9-12-22-52(44)59-55(45)53(47)46-19-7-10-20-49(46)56-54/h1-35H. The van der Waals surface area contributed by atoms with E-state index in [9.17, 15) is 0 Å². The number of pyridine rings is 1. The van der Waals surface area contributed by atoms with Crippen LogP contribution < -0.4 is 4.90 Å². The summed E-state index contributed by atoms with van der Waals surface area (Å²) >= 11 is 1.88. The fraction of sp³-hybridized carbons (Fsp3) is 0. The highest BCUT2D eigenvalue weighted by molar-refractivity contribution is 7.26. The number of hydrogen-bond donors (Lipinski definition) is 0. The van der Waals surface area contributed by atoms with Gasteiger partial charge in [-0.15, -0.1) is 11.3 Å². The lowest BCUT2D eigenvalue weighted by Crippen LogP contribution is -2.09. The van der Waals surface area contributed by atoms with Gasteiger partial charge in [-0.2, -0.15) is 0 Å². The first-order valence-electron chi connectivity index (χ1n) is 20.0. The third-order valence-electron chi connectivity index (χ3n) is 11.8. The van der Waals surface area contributed by atoms with Crippen molar-refractivity contribution in [2.75, 3.05) is 4.90 Å². The van der Waals surface area contributed by atoms with E-state index >= 15 is 0 Å². The summed E-state index contributed by atoms with van der Waals surface area (Å²) in [6.45, 7) is 0. The molecule has 0 radical (unpaired) electrons. The average molecular weight is 770 g/mol. The molecule has 4 heteroatoms. The van der Waals surface area contributed by atoms with Gasteiger partial charge in [0, 0.05) is 75.4 Å². The highest BCUT2D eigenvalue weighted by Crippen LogP contribution is 2.44. The number of aromatic nitrogens is 2. The maximum atomic E-state index is 5.31. The Hall–Kier alpha value is -7.53. The summed E-state index contributed by atoms with van der Waals surface area (Å²) in [4.78, 5) is 7.64. The molecule has 9 aromatic carbocycles. The van der Waals surface area contributed by atoms with Crippen molar-refractivity contribution in [3.8, 4) is 28.1 Å². The van der Waals surface area contributed by atoms with Crippen LogP contribution in [-0.4, -0.2) is 9.55 Å². The van der Waals surface area contributed by atoms with E-state index in [1.54, 1.807) is 0 Å². The van der Waals surface area contributed by atoms with Gasteiger partial charge in [-0.25, -0.2) is 4.98 Å². The van der Waals surface area contributed by atoms with Crippen molar-refractivity contribution in [1.29, 1.82) is 0 Å². The molecule has 0 amide bonds. The molecule has 3 nitrogen and oxygen atoms in total. The monoisotopic (exact) mass is 769 g/mol. The van der Waals surface area contributed by atoms with Crippen LogP contribution in [0.15, 0.2) is 212 Å². The number of hydrogen-bond acceptors (Lipinski definition) is 3. The van der Waals surface area contributed by atoms with Gasteiger partial charge in [-0.3, -0.25) is 0 Å². The molecule has 0 aliphatic rings. The Morgan fingerprint density at radius 2 is 0.966 bits per heavy atom. The van der Waals surface area contributed by atoms with Crippen LogP contribution in [0, 0.1) is 0 Å². The molecule has 276 valence electrons. The number of thiophene rings is 1. The lowest BCUT2D eigenvalue weighted by molar-refractivity contribution is 1.18. The van der Waals surface area contributed by atoms with E-state index < -0.39 is 0 Å². The van der Waals surface area contributed by atoms with Crippen molar-refractivity contribution >= 4 is 92.1 Å². The van der Waals surface area contributed by atoms with Crippen LogP contribution >= 0.6 is 11.3 Å². The van der Waals surface area contributed by atoms with Gasteiger partial charge in [-0.05, 0) is 90.0 Å². The third kappa shape index (κ3) is 5.45. The summed E-state index contributed by atoms with van der Waals surface area (Å²) in [5, 5.41) is 8.76. The zero-order chi connectivity index (χ0) is 38.9. The van der Waals surface area contributed by atoms with Gasteiger partial charge in [0.2, 0.25) is 0 Å². The van der Waals surface area contributed by atoms with E-state index in [2.05, 4.69) is 222 Å². The van der Waals surface area contributed by atoms with Crippen LogP contribution in [0.3, 0.4) is 0 Å². The molecule has 0 unspecified atom stereocenters. The highest BCUT2D eigenvalue weighted by atomic mass is 32.1. The maximum absolute atomic E-state index is 5.31. The summed E-state index contributed by atoms with van der Waals surface area (Å²) in [6.07, 6.45) is 0. The number of para-hydroxylation sites is 4. The number of fused-ring (bicyclic) bond motifs is 10. The molecule has 0 atom stereocenters. The van der Waals surface area contributed by atoms with Crippen molar-refractivity contribution in [2.45, 2.75) is 0 Å². The quantitative estimate of drug-likeness (QED) is 0.157. The molecule has 12 aromatic rings. The van der Waals surface area contributed by atoms with Crippen molar-refractivity contribution in [3.05, 3.63) is 212 Å². The molecule has 0 aliphatic heterocycles. The molecular weight excluding hydrogens is 735 g/mol. The molecule has 59 heavy (non-hydrogen) atoms. The first-order valence-corrected chi connectivity index (χ1v) is 20.9. The Kier molecular flexibility index (Phi) is 7.72. The van der Waals surface area contributed by atoms with E-state index in [-0.39, 0.29) is 0 Å². The van der Waals surface area contributed by atoms with Crippen LogP contribution in [0.5, 0.6) is 0 Å². The Labute approximate surface area is 345 Å². The van der Waals surface area contributed by atoms with E-state index in [1.807, 2.05) is 11.3 Å². The molecule has 12 rings (SSSR count). The van der Waals surface area contributed by atoms with E-state index in [0.29, 0.717) is 0 Å². The summed E-state index contributed by atoms with van der Waals surface area (Å²) < 4.78 is 4.99. The Morgan fingerprint density at radius 1 is 0.390 bits per heavy atom. The van der Waals surface area contributed by atoms with Crippen LogP contribution in [0.25, 0.3) is 91.7 Å². The largest absolute Gasteiger partial charge is 0.311 e. The van der Waals surface area contributed by atoms with Crippen molar-refractivity contribution in [2.24, 2.45) is 0 Å². The van der Waals surface area contributed by atoms with Crippen molar-refractivity contribution < 1.29 is 0 Å². The summed E-state index contributed by atoms with van der Waals surface area (Å²) in [7, 11) is 0. The summed E-state index contributed by atoms with van der Waals surface area (Å²) in [6, 6.07) is 76.6. The molecule has 0 saturated heterocycles. The number of anilines is 3. The predicted molar refractivity (Wildman–Crippen MR) is 252 cm³/mol. The Balaban J connectivity index is 0.938. The van der Waals surface area contributed by atoms with Crippen LogP contribution in [-0.2, 0) is 0 Å². The van der Waals surface area contributed by atoms with Gasteiger partial charge >= 0.3 is 0 Å². The average Bonchev–Trinajstić information content (AvgIpc) is 3.86. The molecule has 0 fully saturated rings. The van der Waals surface area contributed by atoms with E-state index in [1.165, 1.54) is 75.0 Å². The van der Waals surface area contributed by atoms with Gasteiger partial charge in [0.15, 0.2) is 0 Å². The molecule has 3 heterocycles. The van der Waals surface area contributed by atoms with Gasteiger partial charge in [0.1, 0.15) is 0 Å². The van der Waals surface area contributed by atoms with Gasteiger partial charge < -0.3 is 9.47 Å². The van der Waals surface area contributed by atoms with Gasteiger partial charge in [-0.1, -0.05) is 133 Å². The fourth-order valence-corrected chi connectivity index (χ4v) is 10.3. The second-order valence-corrected chi connectivity index (χ2v) is 16.2. The zero-order valence-corrected chi connectivity index (χ0v) is 32.8. The second kappa shape index (κ2) is 13.6. The SMILES string of the molecule is c1ccc(N(c2ccc(-c3ccc4c(c3)c3ccccc3n4-c3ccccc3)cc2)c2ccc(-c3nc4ccccc4c4c3ccc3c5ccccc5sc34)cc2)cc1. The second-order valence-electron chi connectivity index (χ2n) is 15.1. The first kappa shape index (κ1) is 33.6. The minimum Gasteiger partial charge on any atom is -0.311 e. The van der Waals surface area contributed by atoms with Crippen LogP contribution in [0.2, 0.25) is 0 Å². The van der Waals surface area contributed by atoms with Crippen molar-refractivity contribution in [3.63, 3.8) is 0 Å². The van der Waals surface area contributed by atoms with Crippen LogP contribution in [0.1, 0.15) is 0 Å². The summed E-state index contributed by atoms with van der Waals surface area (Å²) in [5.74, 6) is 0. The zero-order valence-electron chi connectivity index (χ0n) is 32.0. The fourth-order valence-electron chi connectivity index (χ4n) is 9.04. The third-order valence-corrected chi connectivity index (χ3v) is 13.0. The molecular formula is C55H35N3S. The predicted octanol–water partition coefficient (Wildman–Crippen LogP) is 15.7. The van der Waals surface area contributed by atoms with Crippen molar-refractivity contribution in [1.82, 2.24) is 9.55 Å². The van der Waals surface area contributed by atoms with Gasteiger partial charge in [0.05, 0.1) is 22.2 Å². The van der Waals surface area contributed by atoms with Crippen LogP contribution in [0.4, 0.5) is 17.1 Å². The number of benzene rings is 9. The minimum absolute atomic E-state index is 1.00. The number of rotatable bonds is 6. The molecule has 0 N–H and O–H groups in total. The van der Waals surface area contributed by atoms with Gasteiger partial charge in [0.25, 0.3) is 0 Å². The molecule has 0 bridgehead atoms. The molecule has 0 aliphatic carbocycles. The molecule has 0 saturated carbocycles. The first-order chi connectivity index (χ1) is 29.3. The summed E-state index contributed by atoms with van der Waals surface area (Å²) in [5.41, 5.74) is 12.3. The topological polar surface area (TPSA) is 21.1 Å². The highest BCUT2D eigenvalue weighted by Gasteiger charge is 2.18. The normalized spacial score (nSPS) is 11.7. The lowest BCUT2D eigenvalue weighted by atomic mass is 9.98.